The first-order valence-corrected chi connectivity index (χ1v) is 10.1. The zero-order valence-electron chi connectivity index (χ0n) is 16.7. The van der Waals surface area contributed by atoms with Gasteiger partial charge in [-0.15, -0.1) is 0 Å². The van der Waals surface area contributed by atoms with Crippen molar-refractivity contribution in [3.63, 3.8) is 0 Å². The average Bonchev–Trinajstić information content (AvgIpc) is 2.72. The summed E-state index contributed by atoms with van der Waals surface area (Å²) in [5.41, 5.74) is 4.26. The number of piperidine rings is 1. The van der Waals surface area contributed by atoms with E-state index in [1.54, 1.807) is 0 Å². The number of para-hydroxylation sites is 1. The highest BCUT2D eigenvalue weighted by Crippen LogP contribution is 2.18. The van der Waals surface area contributed by atoms with Crippen molar-refractivity contribution in [1.82, 2.24) is 19.8 Å². The summed E-state index contributed by atoms with van der Waals surface area (Å²) < 4.78 is 2.07. The molecule has 1 aliphatic rings. The van der Waals surface area contributed by atoms with Crippen LogP contribution in [0.4, 0.5) is 0 Å². The summed E-state index contributed by atoms with van der Waals surface area (Å²) in [6.45, 7) is 5.56. The van der Waals surface area contributed by atoms with Crippen LogP contribution < -0.4 is 10.7 Å². The van der Waals surface area contributed by atoms with Gasteiger partial charge in [-0.25, -0.2) is 0 Å². The Kier molecular flexibility index (Phi) is 5.55. The van der Waals surface area contributed by atoms with Crippen LogP contribution in [0.3, 0.4) is 0 Å². The first-order valence-electron chi connectivity index (χ1n) is 10.1. The van der Waals surface area contributed by atoms with E-state index in [0.29, 0.717) is 12.6 Å². The molecule has 3 aromatic rings. The van der Waals surface area contributed by atoms with E-state index in [1.165, 1.54) is 12.0 Å². The van der Waals surface area contributed by atoms with Crippen molar-refractivity contribution in [3.05, 3.63) is 75.8 Å². The Morgan fingerprint density at radius 1 is 1.25 bits per heavy atom. The largest absolute Gasteiger partial charge is 0.350 e. The van der Waals surface area contributed by atoms with Crippen LogP contribution >= 0.6 is 0 Å². The molecule has 1 aliphatic heterocycles. The predicted octanol–water partition coefficient (Wildman–Crippen LogP) is 3.00. The second-order valence-electron chi connectivity index (χ2n) is 7.82. The minimum atomic E-state index is 0.147. The van der Waals surface area contributed by atoms with E-state index in [-0.39, 0.29) is 5.43 Å². The molecule has 1 fully saturated rings. The maximum atomic E-state index is 13.1. The second-order valence-corrected chi connectivity index (χ2v) is 7.82. The Labute approximate surface area is 166 Å². The molecule has 1 aromatic carbocycles. The van der Waals surface area contributed by atoms with Crippen LogP contribution in [-0.4, -0.2) is 33.6 Å². The lowest BCUT2D eigenvalue weighted by atomic mass is 10.0. The van der Waals surface area contributed by atoms with Gasteiger partial charge in [0.25, 0.3) is 0 Å². The lowest BCUT2D eigenvalue weighted by Gasteiger charge is -2.35. The van der Waals surface area contributed by atoms with Crippen molar-refractivity contribution in [2.75, 3.05) is 13.1 Å². The van der Waals surface area contributed by atoms with Gasteiger partial charge in [0.1, 0.15) is 0 Å². The molecule has 0 spiro atoms. The fourth-order valence-electron chi connectivity index (χ4n) is 4.24. The maximum Gasteiger partial charge on any atom is 0.193 e. The molecule has 0 bridgehead atoms. The van der Waals surface area contributed by atoms with Crippen LogP contribution in [0.5, 0.6) is 0 Å². The van der Waals surface area contributed by atoms with E-state index >= 15 is 0 Å². The summed E-state index contributed by atoms with van der Waals surface area (Å²) in [6.07, 6.45) is 6.21. The number of fused-ring (bicyclic) bond motifs is 1. The van der Waals surface area contributed by atoms with Gasteiger partial charge < -0.3 is 9.88 Å². The monoisotopic (exact) mass is 376 g/mol. The SMILES string of the molecule is Cc1cc(CN(Cc2cn(C)c3ccccc3c2=O)[C@H]2CCCNC2)ccn1. The molecule has 4 rings (SSSR count). The van der Waals surface area contributed by atoms with Crippen LogP contribution in [0.1, 0.15) is 29.7 Å². The van der Waals surface area contributed by atoms with Crippen LogP contribution in [0.15, 0.2) is 53.6 Å². The number of hydrogen-bond donors (Lipinski definition) is 1. The lowest BCUT2D eigenvalue weighted by molar-refractivity contribution is 0.149. The molecule has 1 atom stereocenters. The van der Waals surface area contributed by atoms with E-state index in [9.17, 15) is 4.79 Å². The van der Waals surface area contributed by atoms with Crippen molar-refractivity contribution in [2.24, 2.45) is 7.05 Å². The van der Waals surface area contributed by atoms with Crippen molar-refractivity contribution < 1.29 is 0 Å². The number of pyridine rings is 2. The third kappa shape index (κ3) is 4.01. The third-order valence-electron chi connectivity index (χ3n) is 5.68. The zero-order valence-corrected chi connectivity index (χ0v) is 16.7. The molecular formula is C23H28N4O. The van der Waals surface area contributed by atoms with E-state index in [4.69, 9.17) is 0 Å². The third-order valence-corrected chi connectivity index (χ3v) is 5.68. The topological polar surface area (TPSA) is 50.2 Å². The Morgan fingerprint density at radius 2 is 2.11 bits per heavy atom. The smallest absolute Gasteiger partial charge is 0.193 e. The molecule has 5 heteroatoms. The molecule has 1 saturated heterocycles. The molecule has 28 heavy (non-hydrogen) atoms. The van der Waals surface area contributed by atoms with Crippen molar-refractivity contribution >= 4 is 10.9 Å². The van der Waals surface area contributed by atoms with Gasteiger partial charge in [0.15, 0.2) is 5.43 Å². The van der Waals surface area contributed by atoms with Gasteiger partial charge in [-0.3, -0.25) is 14.7 Å². The Hall–Kier alpha value is -2.50. The Bertz CT molecular complexity index is 1020. The molecule has 3 heterocycles. The van der Waals surface area contributed by atoms with Crippen LogP contribution in [0, 0.1) is 6.92 Å². The van der Waals surface area contributed by atoms with Gasteiger partial charge >= 0.3 is 0 Å². The van der Waals surface area contributed by atoms with Gasteiger partial charge in [-0.2, -0.15) is 0 Å². The normalized spacial score (nSPS) is 17.3. The fourth-order valence-corrected chi connectivity index (χ4v) is 4.24. The fraction of sp³-hybridized carbons (Fsp3) is 0.391. The van der Waals surface area contributed by atoms with Crippen molar-refractivity contribution in [3.8, 4) is 0 Å². The van der Waals surface area contributed by atoms with Crippen LogP contribution in [0.2, 0.25) is 0 Å². The molecule has 2 aromatic heterocycles. The van der Waals surface area contributed by atoms with Crippen LogP contribution in [0.25, 0.3) is 10.9 Å². The highest BCUT2D eigenvalue weighted by atomic mass is 16.1. The number of aryl methyl sites for hydroxylation is 2. The van der Waals surface area contributed by atoms with Gasteiger partial charge in [0.2, 0.25) is 0 Å². The Morgan fingerprint density at radius 3 is 2.89 bits per heavy atom. The molecular weight excluding hydrogens is 348 g/mol. The summed E-state index contributed by atoms with van der Waals surface area (Å²) in [5, 5.41) is 4.31. The molecule has 146 valence electrons. The van der Waals surface area contributed by atoms with E-state index in [2.05, 4.69) is 31.9 Å². The molecule has 0 unspecified atom stereocenters. The second kappa shape index (κ2) is 8.25. The number of benzene rings is 1. The molecule has 0 aliphatic carbocycles. The average molecular weight is 377 g/mol. The van der Waals surface area contributed by atoms with E-state index < -0.39 is 0 Å². The highest BCUT2D eigenvalue weighted by Gasteiger charge is 2.23. The van der Waals surface area contributed by atoms with E-state index in [1.807, 2.05) is 50.6 Å². The summed E-state index contributed by atoms with van der Waals surface area (Å²) in [4.78, 5) is 19.9. The summed E-state index contributed by atoms with van der Waals surface area (Å²) >= 11 is 0. The van der Waals surface area contributed by atoms with Crippen LogP contribution in [-0.2, 0) is 20.1 Å². The maximum absolute atomic E-state index is 13.1. The number of aromatic nitrogens is 2. The van der Waals surface area contributed by atoms with Gasteiger partial charge in [-0.05, 0) is 56.1 Å². The molecule has 0 radical (unpaired) electrons. The molecule has 0 saturated carbocycles. The van der Waals surface area contributed by atoms with Gasteiger partial charge in [-0.1, -0.05) is 12.1 Å². The molecule has 5 nitrogen and oxygen atoms in total. The lowest BCUT2D eigenvalue weighted by Crippen LogP contribution is -2.45. The number of rotatable bonds is 5. The quantitative estimate of drug-likeness (QED) is 0.744. The Balaban J connectivity index is 1.68. The van der Waals surface area contributed by atoms with Crippen molar-refractivity contribution in [1.29, 1.82) is 0 Å². The molecule has 0 amide bonds. The standard InChI is InChI=1S/C23H28N4O/c1-17-12-18(9-11-25-17)14-27(20-6-5-10-24-13-20)16-19-15-26(2)22-8-4-3-7-21(22)23(19)28/h3-4,7-9,11-12,15,20,24H,5-6,10,13-14,16H2,1-2H3/t20-/m0/s1. The molecule has 1 N–H and O–H groups in total. The van der Waals surface area contributed by atoms with Crippen molar-refractivity contribution in [2.45, 2.75) is 38.9 Å². The first-order chi connectivity index (χ1) is 13.6. The number of hydrogen-bond acceptors (Lipinski definition) is 4. The summed E-state index contributed by atoms with van der Waals surface area (Å²) in [5.74, 6) is 0. The minimum Gasteiger partial charge on any atom is -0.350 e. The number of nitrogens with zero attached hydrogens (tertiary/aromatic N) is 3. The van der Waals surface area contributed by atoms with E-state index in [0.717, 1.165) is 48.2 Å². The summed E-state index contributed by atoms with van der Waals surface area (Å²) in [7, 11) is 2.02. The predicted molar refractivity (Wildman–Crippen MR) is 113 cm³/mol. The summed E-state index contributed by atoms with van der Waals surface area (Å²) in [6, 6.07) is 12.5. The highest BCUT2D eigenvalue weighted by molar-refractivity contribution is 5.79. The first kappa shape index (κ1) is 18.8. The van der Waals surface area contributed by atoms with Gasteiger partial charge in [0, 0.05) is 61.8 Å². The number of nitrogens with one attached hydrogen (secondary N) is 1. The minimum absolute atomic E-state index is 0.147. The zero-order chi connectivity index (χ0) is 19.5. The van der Waals surface area contributed by atoms with Gasteiger partial charge in [0.05, 0.1) is 5.52 Å².